The van der Waals surface area contributed by atoms with Crippen LogP contribution in [0.25, 0.3) is 0 Å². The summed E-state index contributed by atoms with van der Waals surface area (Å²) in [6, 6.07) is 4.31. The van der Waals surface area contributed by atoms with E-state index in [-0.39, 0.29) is 17.0 Å². The van der Waals surface area contributed by atoms with Gasteiger partial charge in [0.1, 0.15) is 0 Å². The topological polar surface area (TPSA) is 94.3 Å². The Morgan fingerprint density at radius 2 is 1.75 bits per heavy atom. The first-order chi connectivity index (χ1) is 9.39. The van der Waals surface area contributed by atoms with Crippen LogP contribution in [0, 0.1) is 10.1 Å². The van der Waals surface area contributed by atoms with E-state index in [1.165, 1.54) is 0 Å². The second-order valence-corrected chi connectivity index (χ2v) is 6.54. The fourth-order valence-corrected chi connectivity index (χ4v) is 2.96. The number of nitro groups is 1. The van der Waals surface area contributed by atoms with Crippen LogP contribution in [-0.4, -0.2) is 24.2 Å². The van der Waals surface area contributed by atoms with Crippen molar-refractivity contribution in [1.29, 1.82) is 0 Å². The first-order valence-electron chi connectivity index (χ1n) is 6.03. The molecule has 0 unspecified atom stereocenters. The molecule has 0 spiro atoms. The number of sulfone groups is 1. The molecule has 0 amide bonds. The minimum absolute atomic E-state index is 0.0485. The molecule has 20 heavy (non-hydrogen) atoms. The highest BCUT2D eigenvalue weighted by Gasteiger charge is 2.24. The lowest BCUT2D eigenvalue weighted by Crippen LogP contribution is -2.14. The van der Waals surface area contributed by atoms with E-state index in [4.69, 9.17) is 0 Å². The third-order valence-electron chi connectivity index (χ3n) is 2.70. The Kier molecular flexibility index (Phi) is 6.15. The molecular formula is C12H15NO5S2. The van der Waals surface area contributed by atoms with Crippen molar-refractivity contribution in [2.45, 2.75) is 30.6 Å². The lowest BCUT2D eigenvalue weighted by molar-refractivity contribution is -0.384. The molecule has 0 heterocycles. The van der Waals surface area contributed by atoms with Crippen molar-refractivity contribution in [2.75, 3.05) is 5.75 Å². The summed E-state index contributed by atoms with van der Waals surface area (Å²) in [5, 5.41) is 9.63. The van der Waals surface area contributed by atoms with Crippen LogP contribution in [0.2, 0.25) is 0 Å². The molecule has 0 aromatic heterocycles. The Morgan fingerprint density at radius 1 is 1.15 bits per heavy atom. The molecule has 0 bridgehead atoms. The third-order valence-corrected chi connectivity index (χ3v) is 4.71. The van der Waals surface area contributed by atoms with Crippen molar-refractivity contribution in [3.8, 4) is 0 Å². The molecule has 0 fully saturated rings. The summed E-state index contributed by atoms with van der Waals surface area (Å²) in [5.41, 5.74) is -0.217. The van der Waals surface area contributed by atoms with Crippen LogP contribution in [0.3, 0.4) is 0 Å². The molecule has 0 aliphatic rings. The fraction of sp³-hybridized carbons (Fsp3) is 0.417. The van der Waals surface area contributed by atoms with Crippen molar-refractivity contribution in [3.63, 3.8) is 0 Å². The van der Waals surface area contributed by atoms with E-state index in [1.807, 2.05) is 0 Å². The summed E-state index contributed by atoms with van der Waals surface area (Å²) in [7, 11) is -4.05. The van der Waals surface area contributed by atoms with Gasteiger partial charge < -0.3 is 0 Å². The number of hydrogen-bond donors (Lipinski definition) is 1. The number of hydrogen-bond acceptors (Lipinski definition) is 6. The largest absolute Gasteiger partial charge is 0.281 e. The van der Waals surface area contributed by atoms with Crippen LogP contribution < -0.4 is 0 Å². The van der Waals surface area contributed by atoms with Gasteiger partial charge in [-0.3, -0.25) is 14.9 Å². The van der Waals surface area contributed by atoms with Gasteiger partial charge in [0.05, 0.1) is 9.82 Å². The number of carbonyl (C=O) groups excluding carboxylic acids is 1. The molecule has 8 heteroatoms. The van der Waals surface area contributed by atoms with Gasteiger partial charge in [-0.25, -0.2) is 8.42 Å². The Labute approximate surface area is 122 Å². The molecule has 1 aromatic carbocycles. The maximum atomic E-state index is 11.9. The normalized spacial score (nSPS) is 11.2. The SMILES string of the molecule is O=C(CCCCCS)S(=O)(=O)c1ccc([N+](=O)[O-])cc1. The summed E-state index contributed by atoms with van der Waals surface area (Å²) in [4.78, 5) is 21.4. The summed E-state index contributed by atoms with van der Waals surface area (Å²) in [6.45, 7) is 0. The molecule has 0 aliphatic heterocycles. The monoisotopic (exact) mass is 317 g/mol. The van der Waals surface area contributed by atoms with E-state index < -0.39 is 19.9 Å². The standard InChI is InChI=1S/C12H15NO5S2/c14-12(4-2-1-3-9-19)20(17,18)11-7-5-10(6-8-11)13(15)16/h5-8,19H,1-4,9H2. The van der Waals surface area contributed by atoms with E-state index in [9.17, 15) is 23.3 Å². The molecule has 1 rings (SSSR count). The number of rotatable bonds is 7. The highest BCUT2D eigenvalue weighted by molar-refractivity contribution is 8.06. The number of nitro benzene ring substituents is 1. The Bertz CT molecular complexity index is 580. The molecule has 6 nitrogen and oxygen atoms in total. The zero-order chi connectivity index (χ0) is 15.2. The summed E-state index contributed by atoms with van der Waals surface area (Å²) in [6.07, 6.45) is 2.01. The molecule has 0 radical (unpaired) electrons. The second kappa shape index (κ2) is 7.39. The first kappa shape index (κ1) is 16.6. The summed E-state index contributed by atoms with van der Waals surface area (Å²) < 4.78 is 23.9. The van der Waals surface area contributed by atoms with Gasteiger partial charge in [-0.1, -0.05) is 6.42 Å². The highest BCUT2D eigenvalue weighted by Crippen LogP contribution is 2.19. The second-order valence-electron chi connectivity index (χ2n) is 4.16. The molecule has 0 saturated heterocycles. The lowest BCUT2D eigenvalue weighted by Gasteiger charge is -2.03. The van der Waals surface area contributed by atoms with Gasteiger partial charge in [-0.05, 0) is 30.7 Å². The lowest BCUT2D eigenvalue weighted by atomic mass is 10.2. The molecule has 0 N–H and O–H groups in total. The van der Waals surface area contributed by atoms with Crippen molar-refractivity contribution in [1.82, 2.24) is 0 Å². The molecule has 1 aromatic rings. The maximum Gasteiger partial charge on any atom is 0.269 e. The van der Waals surface area contributed by atoms with E-state index in [2.05, 4.69) is 12.6 Å². The van der Waals surface area contributed by atoms with Crippen molar-refractivity contribution in [2.24, 2.45) is 0 Å². The summed E-state index contributed by atoms with van der Waals surface area (Å²) >= 11 is 4.03. The van der Waals surface area contributed by atoms with Crippen LogP contribution in [0.15, 0.2) is 29.2 Å². The Morgan fingerprint density at radius 3 is 2.25 bits per heavy atom. The fourth-order valence-electron chi connectivity index (χ4n) is 1.57. The number of carbonyl (C=O) groups is 1. The quantitative estimate of drug-likeness (QED) is 0.360. The van der Waals surface area contributed by atoms with Crippen LogP contribution in [0.4, 0.5) is 5.69 Å². The molecule has 0 atom stereocenters. The maximum absolute atomic E-state index is 11.9. The van der Waals surface area contributed by atoms with Gasteiger partial charge in [0.15, 0.2) is 0 Å². The Balaban J connectivity index is 2.77. The van der Waals surface area contributed by atoms with Gasteiger partial charge in [0, 0.05) is 18.6 Å². The molecular weight excluding hydrogens is 302 g/mol. The molecule has 110 valence electrons. The summed E-state index contributed by atoms with van der Waals surface area (Å²) in [5.74, 6) is 0.698. The number of benzene rings is 1. The van der Waals surface area contributed by atoms with Gasteiger partial charge in [-0.15, -0.1) is 0 Å². The molecule has 0 saturated carbocycles. The highest BCUT2D eigenvalue weighted by atomic mass is 32.2. The van der Waals surface area contributed by atoms with Crippen LogP contribution >= 0.6 is 12.6 Å². The van der Waals surface area contributed by atoms with E-state index in [0.29, 0.717) is 12.2 Å². The van der Waals surface area contributed by atoms with Crippen molar-refractivity contribution < 1.29 is 18.1 Å². The molecule has 0 aliphatic carbocycles. The van der Waals surface area contributed by atoms with E-state index in [1.54, 1.807) is 0 Å². The van der Waals surface area contributed by atoms with Gasteiger partial charge in [0.25, 0.3) is 10.8 Å². The van der Waals surface area contributed by atoms with Gasteiger partial charge in [-0.2, -0.15) is 12.6 Å². The van der Waals surface area contributed by atoms with E-state index in [0.717, 1.165) is 37.1 Å². The average molecular weight is 317 g/mol. The average Bonchev–Trinajstić information content (AvgIpc) is 2.43. The van der Waals surface area contributed by atoms with Crippen molar-refractivity contribution in [3.05, 3.63) is 34.4 Å². The predicted octanol–water partition coefficient (Wildman–Crippen LogP) is 2.39. The van der Waals surface area contributed by atoms with Crippen LogP contribution in [0.1, 0.15) is 25.7 Å². The number of thiol groups is 1. The van der Waals surface area contributed by atoms with Crippen LogP contribution in [0.5, 0.6) is 0 Å². The first-order valence-corrected chi connectivity index (χ1v) is 8.14. The number of unbranched alkanes of at least 4 members (excludes halogenated alkanes) is 2. The minimum Gasteiger partial charge on any atom is -0.281 e. The minimum atomic E-state index is -4.05. The van der Waals surface area contributed by atoms with Crippen LogP contribution in [-0.2, 0) is 14.6 Å². The zero-order valence-corrected chi connectivity index (χ0v) is 12.4. The smallest absolute Gasteiger partial charge is 0.269 e. The Hall–Kier alpha value is -1.41. The third kappa shape index (κ3) is 4.31. The number of nitrogens with zero attached hydrogens (tertiary/aromatic N) is 1. The van der Waals surface area contributed by atoms with Gasteiger partial charge in [0.2, 0.25) is 9.84 Å². The van der Waals surface area contributed by atoms with Gasteiger partial charge >= 0.3 is 0 Å². The zero-order valence-electron chi connectivity index (χ0n) is 10.7. The predicted molar refractivity (Wildman–Crippen MR) is 77.6 cm³/mol. The number of non-ortho nitro benzene ring substituents is 1. The van der Waals surface area contributed by atoms with E-state index >= 15 is 0 Å². The van der Waals surface area contributed by atoms with Crippen molar-refractivity contribution >= 4 is 33.3 Å².